The van der Waals surface area contributed by atoms with E-state index in [2.05, 4.69) is 49.1 Å². The molecule has 5 heteroatoms. The molecule has 0 spiro atoms. The molecule has 2 aliphatic rings. The van der Waals surface area contributed by atoms with Gasteiger partial charge in [0, 0.05) is 12.0 Å². The predicted molar refractivity (Wildman–Crippen MR) is 125 cm³/mol. The van der Waals surface area contributed by atoms with Gasteiger partial charge in [-0.2, -0.15) is 5.10 Å². The topological polar surface area (TPSA) is 45.1 Å². The average Bonchev–Trinajstić information content (AvgIpc) is 3.20. The number of hydrazone groups is 1. The minimum absolute atomic E-state index is 0.0799. The van der Waals surface area contributed by atoms with Gasteiger partial charge in [-0.3, -0.25) is 9.69 Å². The fraction of sp³-hybridized carbons (Fsp3) is 0.462. The number of carbonyl (C=O) groups excluding carboxylic acids is 1. The highest BCUT2D eigenvalue weighted by Crippen LogP contribution is 2.34. The number of nitrogens with zero attached hydrogens (tertiary/aromatic N) is 3. The molecule has 2 aliphatic heterocycles. The summed E-state index contributed by atoms with van der Waals surface area (Å²) in [4.78, 5) is 15.6. The van der Waals surface area contributed by atoms with Gasteiger partial charge < -0.3 is 4.74 Å². The second kappa shape index (κ2) is 9.65. The lowest BCUT2D eigenvalue weighted by Crippen LogP contribution is -2.40. The Labute approximate surface area is 185 Å². The molecule has 0 aromatic heterocycles. The normalized spacial score (nSPS) is 19.4. The van der Waals surface area contributed by atoms with Crippen LogP contribution < -0.4 is 4.74 Å². The van der Waals surface area contributed by atoms with Crippen LogP contribution in [0.15, 0.2) is 47.6 Å². The molecular weight excluding hydrogens is 386 g/mol. The van der Waals surface area contributed by atoms with Crippen LogP contribution in [0.4, 0.5) is 0 Å². The van der Waals surface area contributed by atoms with E-state index < -0.39 is 0 Å². The minimum Gasteiger partial charge on any atom is -0.494 e. The maximum atomic E-state index is 13.3. The summed E-state index contributed by atoms with van der Waals surface area (Å²) >= 11 is 0. The Hall–Kier alpha value is -2.66. The first-order valence-corrected chi connectivity index (χ1v) is 11.5. The quantitative estimate of drug-likeness (QED) is 0.671. The molecular formula is C26H33N3O2. The SMILES string of the molecule is CCOc1ccc(C2CC(c3ccc(C)cc3C)=NN2C(=O)CN2CCCCC2)cc1. The zero-order valence-corrected chi connectivity index (χ0v) is 18.9. The summed E-state index contributed by atoms with van der Waals surface area (Å²) in [6.45, 7) is 9.29. The Morgan fingerprint density at radius 2 is 1.81 bits per heavy atom. The van der Waals surface area contributed by atoms with Gasteiger partial charge in [0.15, 0.2) is 0 Å². The van der Waals surface area contributed by atoms with Crippen molar-refractivity contribution >= 4 is 11.6 Å². The lowest BCUT2D eigenvalue weighted by molar-refractivity contribution is -0.134. The molecule has 164 valence electrons. The monoisotopic (exact) mass is 419 g/mol. The summed E-state index contributed by atoms with van der Waals surface area (Å²) in [6, 6.07) is 14.5. The van der Waals surface area contributed by atoms with Gasteiger partial charge in [-0.15, -0.1) is 0 Å². The van der Waals surface area contributed by atoms with E-state index in [1.807, 2.05) is 19.1 Å². The van der Waals surface area contributed by atoms with E-state index in [0.717, 1.165) is 42.1 Å². The van der Waals surface area contributed by atoms with Gasteiger partial charge in [-0.05, 0) is 70.0 Å². The third kappa shape index (κ3) is 4.99. The second-order valence-corrected chi connectivity index (χ2v) is 8.66. The molecule has 0 aliphatic carbocycles. The van der Waals surface area contributed by atoms with Gasteiger partial charge >= 0.3 is 0 Å². The highest BCUT2D eigenvalue weighted by Gasteiger charge is 2.34. The first-order chi connectivity index (χ1) is 15.0. The summed E-state index contributed by atoms with van der Waals surface area (Å²) < 4.78 is 5.60. The Morgan fingerprint density at radius 3 is 2.48 bits per heavy atom. The van der Waals surface area contributed by atoms with Crippen LogP contribution in [0.25, 0.3) is 0 Å². The van der Waals surface area contributed by atoms with Crippen LogP contribution in [0.3, 0.4) is 0 Å². The molecule has 0 radical (unpaired) electrons. The summed E-state index contributed by atoms with van der Waals surface area (Å²) in [7, 11) is 0. The number of benzene rings is 2. The van der Waals surface area contributed by atoms with Crippen LogP contribution in [0.1, 0.15) is 60.9 Å². The largest absolute Gasteiger partial charge is 0.494 e. The van der Waals surface area contributed by atoms with Crippen LogP contribution >= 0.6 is 0 Å². The molecule has 0 saturated carbocycles. The standard InChI is InChI=1S/C26H33N3O2/c1-4-31-22-11-9-21(10-12-22)25-17-24(23-13-8-19(2)16-20(23)3)27-29(25)26(30)18-28-14-6-5-7-15-28/h8-13,16,25H,4-7,14-15,17-18H2,1-3H3. The van der Waals surface area contributed by atoms with Crippen molar-refractivity contribution in [2.75, 3.05) is 26.2 Å². The molecule has 2 heterocycles. The summed E-state index contributed by atoms with van der Waals surface area (Å²) in [5.41, 5.74) is 5.66. The first-order valence-electron chi connectivity index (χ1n) is 11.5. The molecule has 0 N–H and O–H groups in total. The fourth-order valence-electron chi connectivity index (χ4n) is 4.63. The van der Waals surface area contributed by atoms with Crippen molar-refractivity contribution in [3.05, 3.63) is 64.7 Å². The van der Waals surface area contributed by atoms with Crippen molar-refractivity contribution in [1.29, 1.82) is 0 Å². The fourth-order valence-corrected chi connectivity index (χ4v) is 4.63. The van der Waals surface area contributed by atoms with E-state index in [9.17, 15) is 4.79 Å². The van der Waals surface area contributed by atoms with E-state index in [4.69, 9.17) is 9.84 Å². The molecule has 5 nitrogen and oxygen atoms in total. The summed E-state index contributed by atoms with van der Waals surface area (Å²) in [5.74, 6) is 0.937. The van der Waals surface area contributed by atoms with Crippen LogP contribution in [0.2, 0.25) is 0 Å². The van der Waals surface area contributed by atoms with Gasteiger partial charge in [0.25, 0.3) is 5.91 Å². The number of piperidine rings is 1. The number of aryl methyl sites for hydroxylation is 2. The maximum absolute atomic E-state index is 13.3. The van der Waals surface area contributed by atoms with Crippen molar-refractivity contribution in [3.63, 3.8) is 0 Å². The number of ether oxygens (including phenoxy) is 1. The number of rotatable bonds is 6. The zero-order chi connectivity index (χ0) is 21.8. The number of hydrogen-bond acceptors (Lipinski definition) is 4. The van der Waals surface area contributed by atoms with Crippen LogP contribution in [0, 0.1) is 13.8 Å². The molecule has 1 amide bonds. The third-order valence-electron chi connectivity index (χ3n) is 6.24. The van der Waals surface area contributed by atoms with E-state index in [1.54, 1.807) is 5.01 Å². The molecule has 1 unspecified atom stereocenters. The highest BCUT2D eigenvalue weighted by atomic mass is 16.5. The summed E-state index contributed by atoms with van der Waals surface area (Å²) in [5, 5.41) is 6.61. The number of hydrogen-bond donors (Lipinski definition) is 0. The van der Waals surface area contributed by atoms with E-state index in [-0.39, 0.29) is 11.9 Å². The number of amides is 1. The third-order valence-corrected chi connectivity index (χ3v) is 6.24. The van der Waals surface area contributed by atoms with Crippen molar-refractivity contribution in [2.24, 2.45) is 5.10 Å². The zero-order valence-electron chi connectivity index (χ0n) is 18.9. The molecule has 1 saturated heterocycles. The van der Waals surface area contributed by atoms with Gasteiger partial charge in [0.05, 0.1) is 24.9 Å². The number of likely N-dealkylation sites (tertiary alicyclic amines) is 1. The maximum Gasteiger partial charge on any atom is 0.257 e. The van der Waals surface area contributed by atoms with Gasteiger partial charge in [-0.25, -0.2) is 5.01 Å². The lowest BCUT2D eigenvalue weighted by Gasteiger charge is -2.29. The molecule has 1 atom stereocenters. The van der Waals surface area contributed by atoms with Crippen molar-refractivity contribution in [3.8, 4) is 5.75 Å². The smallest absolute Gasteiger partial charge is 0.257 e. The predicted octanol–water partition coefficient (Wildman–Crippen LogP) is 4.87. The number of carbonyl (C=O) groups is 1. The molecule has 0 bridgehead atoms. The van der Waals surface area contributed by atoms with Crippen molar-refractivity contribution in [1.82, 2.24) is 9.91 Å². The van der Waals surface area contributed by atoms with Gasteiger partial charge in [0.1, 0.15) is 5.75 Å². The second-order valence-electron chi connectivity index (χ2n) is 8.66. The Bertz CT molecular complexity index is 946. The molecule has 2 aromatic carbocycles. The average molecular weight is 420 g/mol. The lowest BCUT2D eigenvalue weighted by atomic mass is 9.95. The summed E-state index contributed by atoms with van der Waals surface area (Å²) in [6.07, 6.45) is 4.33. The molecule has 2 aromatic rings. The first kappa shape index (κ1) is 21.6. The van der Waals surface area contributed by atoms with Crippen LogP contribution in [0.5, 0.6) is 5.75 Å². The van der Waals surface area contributed by atoms with Crippen molar-refractivity contribution in [2.45, 2.75) is 52.5 Å². The Morgan fingerprint density at radius 1 is 1.06 bits per heavy atom. The van der Waals surface area contributed by atoms with Crippen LogP contribution in [-0.4, -0.2) is 47.8 Å². The molecule has 4 rings (SSSR count). The Balaban J connectivity index is 1.61. The van der Waals surface area contributed by atoms with Gasteiger partial charge in [0.2, 0.25) is 0 Å². The minimum atomic E-state index is -0.0799. The van der Waals surface area contributed by atoms with E-state index in [1.165, 1.54) is 30.4 Å². The van der Waals surface area contributed by atoms with Gasteiger partial charge in [-0.1, -0.05) is 42.3 Å². The van der Waals surface area contributed by atoms with Crippen molar-refractivity contribution < 1.29 is 9.53 Å². The molecule has 1 fully saturated rings. The van der Waals surface area contributed by atoms with E-state index >= 15 is 0 Å². The highest BCUT2D eigenvalue weighted by molar-refractivity contribution is 6.04. The van der Waals surface area contributed by atoms with Crippen LogP contribution in [-0.2, 0) is 4.79 Å². The molecule has 31 heavy (non-hydrogen) atoms. The van der Waals surface area contributed by atoms with E-state index in [0.29, 0.717) is 13.2 Å². The Kier molecular flexibility index (Phi) is 6.71.